The van der Waals surface area contributed by atoms with Crippen LogP contribution in [0.2, 0.25) is 18.1 Å². The highest BCUT2D eigenvalue weighted by molar-refractivity contribution is 6.73. The number of aliphatic hydroxyl groups excluding tert-OH is 1. The fourth-order valence-electron chi connectivity index (χ4n) is 7.03. The second kappa shape index (κ2) is 10.5. The van der Waals surface area contributed by atoms with E-state index in [0.717, 1.165) is 17.8 Å². The van der Waals surface area contributed by atoms with Crippen LogP contribution < -0.4 is 0 Å². The largest absolute Gasteiger partial charge is 0.412 e. The summed E-state index contributed by atoms with van der Waals surface area (Å²) in [5, 5.41) is 9.44. The number of fused-ring (bicyclic) bond motifs is 1. The normalized spacial score (nSPS) is 30.6. The van der Waals surface area contributed by atoms with Crippen LogP contribution in [0.1, 0.15) is 99.8 Å². The van der Waals surface area contributed by atoms with Crippen LogP contribution in [0.25, 0.3) is 0 Å². The number of aliphatic hydroxyl groups is 1. The first-order valence-electron chi connectivity index (χ1n) is 12.7. The Labute approximate surface area is 183 Å². The Morgan fingerprint density at radius 1 is 1.21 bits per heavy atom. The van der Waals surface area contributed by atoms with Crippen molar-refractivity contribution in [3.05, 3.63) is 11.6 Å². The Balaban J connectivity index is 1.92. The van der Waals surface area contributed by atoms with Gasteiger partial charge in [0.25, 0.3) is 0 Å². The smallest absolute Gasteiger partial charge is 0.192 e. The minimum atomic E-state index is -1.53. The highest BCUT2D eigenvalue weighted by atomic mass is 28.4. The van der Waals surface area contributed by atoms with Crippen molar-refractivity contribution in [2.24, 2.45) is 23.2 Å². The standard InChI is InChI=1S/C26H50O2Si/c1-8-29(9-2,10-3)28-25(5,6)18-11-13-21(4)23-15-16-24-22(17-20-27)14-12-19-26(23,24)7/h17,21,23-24,27H,8-16,18-20H2,1-7H3/b22-17+/t21-,23+,24-,26+/m0/s1. The third-order valence-corrected chi connectivity index (χ3v) is 13.8. The summed E-state index contributed by atoms with van der Waals surface area (Å²) in [4.78, 5) is 0. The summed E-state index contributed by atoms with van der Waals surface area (Å²) in [6.07, 6.45) is 12.5. The molecule has 0 saturated heterocycles. The first-order valence-corrected chi connectivity index (χ1v) is 15.2. The number of hydrogen-bond donors (Lipinski definition) is 1. The van der Waals surface area contributed by atoms with Crippen molar-refractivity contribution >= 4 is 8.32 Å². The van der Waals surface area contributed by atoms with Crippen LogP contribution in [0, 0.1) is 23.2 Å². The molecule has 0 aliphatic heterocycles. The average Bonchev–Trinajstić information content (AvgIpc) is 3.04. The number of hydrogen-bond acceptors (Lipinski definition) is 2. The van der Waals surface area contributed by atoms with Gasteiger partial charge in [0.05, 0.1) is 12.2 Å². The minimum absolute atomic E-state index is 0.0258. The van der Waals surface area contributed by atoms with E-state index in [1.807, 2.05) is 0 Å². The molecular formula is C26H50O2Si. The molecule has 0 heterocycles. The third-order valence-electron chi connectivity index (χ3n) is 8.94. The predicted octanol–water partition coefficient (Wildman–Crippen LogP) is 7.73. The molecule has 29 heavy (non-hydrogen) atoms. The SMILES string of the molecule is CC[Si](CC)(CC)OC(C)(C)CCC[C@H](C)[C@H]1CC[C@H]2/C(=C/CO)CCC[C@]12C. The molecule has 2 fully saturated rings. The second-order valence-electron chi connectivity index (χ2n) is 11.0. The van der Waals surface area contributed by atoms with Crippen molar-refractivity contribution in [1.82, 2.24) is 0 Å². The van der Waals surface area contributed by atoms with E-state index in [-0.39, 0.29) is 12.2 Å². The van der Waals surface area contributed by atoms with Gasteiger partial charge in [-0.1, -0.05) is 59.1 Å². The van der Waals surface area contributed by atoms with Crippen LogP contribution >= 0.6 is 0 Å². The summed E-state index contributed by atoms with van der Waals surface area (Å²) in [6, 6.07) is 3.72. The zero-order valence-corrected chi connectivity index (χ0v) is 21.7. The molecule has 170 valence electrons. The summed E-state index contributed by atoms with van der Waals surface area (Å²) in [7, 11) is -1.53. The second-order valence-corrected chi connectivity index (χ2v) is 15.7. The number of allylic oxidation sites excluding steroid dienone is 1. The molecule has 2 nitrogen and oxygen atoms in total. The molecule has 0 aromatic heterocycles. The van der Waals surface area contributed by atoms with Crippen LogP contribution in [0.15, 0.2) is 11.6 Å². The molecule has 0 radical (unpaired) electrons. The molecule has 2 aliphatic carbocycles. The van der Waals surface area contributed by atoms with Gasteiger partial charge in [0.15, 0.2) is 8.32 Å². The maximum atomic E-state index is 9.44. The molecule has 0 spiro atoms. The van der Waals surface area contributed by atoms with Gasteiger partial charge >= 0.3 is 0 Å². The van der Waals surface area contributed by atoms with Gasteiger partial charge in [0.1, 0.15) is 0 Å². The van der Waals surface area contributed by atoms with Crippen LogP contribution in [-0.2, 0) is 4.43 Å². The molecule has 0 amide bonds. The highest BCUT2D eigenvalue weighted by Crippen LogP contribution is 2.59. The quantitative estimate of drug-likeness (QED) is 0.273. The summed E-state index contributed by atoms with van der Waals surface area (Å²) < 4.78 is 6.83. The van der Waals surface area contributed by atoms with Crippen molar-refractivity contribution in [3.63, 3.8) is 0 Å². The van der Waals surface area contributed by atoms with Gasteiger partial charge in [-0.2, -0.15) is 0 Å². The zero-order chi connectivity index (χ0) is 21.7. The molecule has 4 atom stereocenters. The van der Waals surface area contributed by atoms with Crippen molar-refractivity contribution < 1.29 is 9.53 Å². The number of rotatable bonds is 11. The maximum absolute atomic E-state index is 9.44. The zero-order valence-electron chi connectivity index (χ0n) is 20.7. The average molecular weight is 423 g/mol. The van der Waals surface area contributed by atoms with Crippen LogP contribution in [-0.4, -0.2) is 25.6 Å². The van der Waals surface area contributed by atoms with Crippen molar-refractivity contribution in [1.29, 1.82) is 0 Å². The lowest BCUT2D eigenvalue weighted by molar-refractivity contribution is 0.0703. The van der Waals surface area contributed by atoms with E-state index in [4.69, 9.17) is 4.43 Å². The summed E-state index contributed by atoms with van der Waals surface area (Å²) >= 11 is 0. The Morgan fingerprint density at radius 2 is 1.86 bits per heavy atom. The highest BCUT2D eigenvalue weighted by Gasteiger charge is 2.50. The fraction of sp³-hybridized carbons (Fsp3) is 0.923. The van der Waals surface area contributed by atoms with E-state index in [1.165, 1.54) is 69.5 Å². The predicted molar refractivity (Wildman–Crippen MR) is 129 cm³/mol. The minimum Gasteiger partial charge on any atom is -0.412 e. The van der Waals surface area contributed by atoms with E-state index < -0.39 is 8.32 Å². The molecule has 0 aromatic rings. The first kappa shape index (κ1) is 25.1. The summed E-state index contributed by atoms with van der Waals surface area (Å²) in [5.41, 5.74) is 2.04. The molecule has 2 aliphatic rings. The molecule has 3 heteroatoms. The van der Waals surface area contributed by atoms with Crippen molar-refractivity contribution in [2.45, 2.75) is 124 Å². The Hall–Kier alpha value is -0.123. The summed E-state index contributed by atoms with van der Waals surface area (Å²) in [6.45, 7) is 17.0. The van der Waals surface area contributed by atoms with Gasteiger partial charge in [-0.25, -0.2) is 0 Å². The molecule has 0 bridgehead atoms. The first-order chi connectivity index (χ1) is 13.7. The molecular weight excluding hydrogens is 372 g/mol. The molecule has 1 N–H and O–H groups in total. The molecule has 0 unspecified atom stereocenters. The lowest BCUT2D eigenvalue weighted by Crippen LogP contribution is -2.44. The van der Waals surface area contributed by atoms with E-state index in [0.29, 0.717) is 5.41 Å². The Bertz CT molecular complexity index is 529. The topological polar surface area (TPSA) is 29.5 Å². The van der Waals surface area contributed by atoms with E-state index in [2.05, 4.69) is 54.5 Å². The van der Waals surface area contributed by atoms with E-state index in [1.54, 1.807) is 5.57 Å². The van der Waals surface area contributed by atoms with Gasteiger partial charge in [0.2, 0.25) is 0 Å². The monoisotopic (exact) mass is 422 g/mol. The van der Waals surface area contributed by atoms with Crippen molar-refractivity contribution in [2.75, 3.05) is 6.61 Å². The lowest BCUT2D eigenvalue weighted by Gasteiger charge is -2.44. The summed E-state index contributed by atoms with van der Waals surface area (Å²) in [5.74, 6) is 2.36. The van der Waals surface area contributed by atoms with Crippen LogP contribution in [0.3, 0.4) is 0 Å². The van der Waals surface area contributed by atoms with Gasteiger partial charge in [-0.15, -0.1) is 0 Å². The van der Waals surface area contributed by atoms with Crippen LogP contribution in [0.5, 0.6) is 0 Å². The fourth-order valence-corrected chi connectivity index (χ4v) is 10.2. The Morgan fingerprint density at radius 3 is 2.45 bits per heavy atom. The molecule has 2 saturated carbocycles. The maximum Gasteiger partial charge on any atom is 0.192 e. The lowest BCUT2D eigenvalue weighted by atomic mass is 9.60. The third kappa shape index (κ3) is 5.77. The van der Waals surface area contributed by atoms with Gasteiger partial charge in [0, 0.05) is 0 Å². The molecule has 2 rings (SSSR count). The Kier molecular flexibility index (Phi) is 9.07. The van der Waals surface area contributed by atoms with Crippen LogP contribution in [0.4, 0.5) is 0 Å². The van der Waals surface area contributed by atoms with Gasteiger partial charge in [-0.05, 0) is 93.7 Å². The van der Waals surface area contributed by atoms with E-state index >= 15 is 0 Å². The molecule has 0 aromatic carbocycles. The van der Waals surface area contributed by atoms with Gasteiger partial charge in [-0.3, -0.25) is 0 Å². The van der Waals surface area contributed by atoms with E-state index in [9.17, 15) is 5.11 Å². The van der Waals surface area contributed by atoms with Gasteiger partial charge < -0.3 is 9.53 Å². The van der Waals surface area contributed by atoms with Crippen molar-refractivity contribution in [3.8, 4) is 0 Å².